The highest BCUT2D eigenvalue weighted by Crippen LogP contribution is 2.36. The normalized spacial score (nSPS) is 19.0. The number of rotatable bonds is 11. The van der Waals surface area contributed by atoms with Crippen LogP contribution in [0, 0.1) is 0 Å². The van der Waals surface area contributed by atoms with Crippen molar-refractivity contribution in [1.82, 2.24) is 9.80 Å². The van der Waals surface area contributed by atoms with E-state index in [1.165, 1.54) is 56.1 Å². The Morgan fingerprint density at radius 3 is 2.27 bits per heavy atom. The summed E-state index contributed by atoms with van der Waals surface area (Å²) in [7, 11) is 0. The van der Waals surface area contributed by atoms with Crippen LogP contribution in [0.5, 0.6) is 5.75 Å². The van der Waals surface area contributed by atoms with E-state index in [1.807, 2.05) is 29.2 Å². The minimum Gasteiger partial charge on any atom is -0.493 e. The van der Waals surface area contributed by atoms with Crippen molar-refractivity contribution in [2.75, 3.05) is 26.2 Å². The summed E-state index contributed by atoms with van der Waals surface area (Å²) in [5.74, 6) is 1.78. The van der Waals surface area contributed by atoms with Crippen LogP contribution in [-0.4, -0.2) is 53.8 Å². The molecule has 3 heterocycles. The monoisotopic (exact) mass is 562 g/mol. The van der Waals surface area contributed by atoms with Gasteiger partial charge in [-0.05, 0) is 54.5 Å². The second-order valence-electron chi connectivity index (χ2n) is 11.9. The number of Topliss-reactive ketones (excluding diaryl/α,β-unsaturated/α-hetero) is 1. The molecule has 1 amide bonds. The Kier molecular flexibility index (Phi) is 13.9. The Labute approximate surface area is 249 Å². The molecule has 2 aromatic rings. The molecule has 0 N–H and O–H groups in total. The lowest BCUT2D eigenvalue weighted by Gasteiger charge is -2.25. The maximum atomic E-state index is 12.7. The summed E-state index contributed by atoms with van der Waals surface area (Å²) < 4.78 is 5.65. The smallest absolute Gasteiger partial charge is 0.254 e. The average molecular weight is 563 g/mol. The number of hydrogen-bond acceptors (Lipinski definition) is 4. The lowest BCUT2D eigenvalue weighted by atomic mass is 9.93. The predicted octanol–water partition coefficient (Wildman–Crippen LogP) is 8.20. The maximum absolute atomic E-state index is 12.7. The molecule has 5 nitrogen and oxygen atoms in total. The first-order chi connectivity index (χ1) is 19.9. The molecule has 5 heteroatoms. The van der Waals surface area contributed by atoms with Crippen molar-refractivity contribution in [2.24, 2.45) is 0 Å². The molecule has 41 heavy (non-hydrogen) atoms. The summed E-state index contributed by atoms with van der Waals surface area (Å²) in [6.45, 7) is 14.1. The lowest BCUT2D eigenvalue weighted by molar-refractivity contribution is -0.118. The fourth-order valence-electron chi connectivity index (χ4n) is 6.12. The fourth-order valence-corrected chi connectivity index (χ4v) is 6.12. The van der Waals surface area contributed by atoms with Crippen molar-refractivity contribution in [2.45, 2.75) is 117 Å². The Bertz CT molecular complexity index is 1090. The minimum atomic E-state index is 0.136. The Morgan fingerprint density at radius 1 is 0.927 bits per heavy atom. The van der Waals surface area contributed by atoms with Crippen LogP contribution in [0.2, 0.25) is 0 Å². The van der Waals surface area contributed by atoms with E-state index in [0.29, 0.717) is 25.0 Å². The van der Waals surface area contributed by atoms with Crippen LogP contribution in [-0.2, 0) is 17.8 Å². The van der Waals surface area contributed by atoms with Gasteiger partial charge in [0.15, 0.2) is 0 Å². The van der Waals surface area contributed by atoms with E-state index >= 15 is 0 Å². The number of benzene rings is 2. The minimum absolute atomic E-state index is 0.136. The van der Waals surface area contributed by atoms with Gasteiger partial charge in [-0.3, -0.25) is 14.5 Å². The summed E-state index contributed by atoms with van der Waals surface area (Å²) in [6.07, 6.45) is 12.5. The number of amides is 1. The van der Waals surface area contributed by atoms with Crippen LogP contribution < -0.4 is 4.74 Å². The van der Waals surface area contributed by atoms with Crippen molar-refractivity contribution in [1.29, 1.82) is 0 Å². The van der Waals surface area contributed by atoms with E-state index in [9.17, 15) is 9.59 Å². The van der Waals surface area contributed by atoms with Crippen molar-refractivity contribution in [3.8, 4) is 5.75 Å². The first-order valence-electron chi connectivity index (χ1n) is 16.3. The van der Waals surface area contributed by atoms with Gasteiger partial charge in [0.05, 0.1) is 13.2 Å². The molecule has 2 atom stereocenters. The summed E-state index contributed by atoms with van der Waals surface area (Å²) in [4.78, 5) is 28.9. The SMILES string of the molecule is CC(=O)CN1CC(c2ccc3c(c2)CCO3)CC1CCN1Cc2ccccc2C1=O.CCCCC.CCCCCC. The van der Waals surface area contributed by atoms with Crippen molar-refractivity contribution >= 4 is 11.7 Å². The van der Waals surface area contributed by atoms with Gasteiger partial charge in [-0.25, -0.2) is 0 Å². The van der Waals surface area contributed by atoms with E-state index in [0.717, 1.165) is 55.8 Å². The summed E-state index contributed by atoms with van der Waals surface area (Å²) in [5, 5.41) is 0. The standard InChI is InChI=1S/C25H28N2O3.C6H14.C5H12/c1-17(28)14-27-16-21(18-6-7-24-19(12-18)9-11-30-24)13-22(27)8-10-26-15-20-4-2-3-5-23(20)25(26)29;1-3-5-6-4-2;1-3-5-4-2/h2-7,12,21-22H,8-11,13-16H2,1H3;3-6H2,1-2H3;3-5H2,1-2H3. The molecule has 1 saturated heterocycles. The Balaban J connectivity index is 0.000000360. The molecule has 0 aliphatic carbocycles. The number of fused-ring (bicyclic) bond motifs is 2. The number of hydrogen-bond donors (Lipinski definition) is 0. The molecule has 0 radical (unpaired) electrons. The molecular weight excluding hydrogens is 508 g/mol. The molecule has 2 aromatic carbocycles. The maximum Gasteiger partial charge on any atom is 0.254 e. The highest BCUT2D eigenvalue weighted by Gasteiger charge is 2.35. The first kappa shape index (κ1) is 32.8. The van der Waals surface area contributed by atoms with Gasteiger partial charge in [0.1, 0.15) is 11.5 Å². The topological polar surface area (TPSA) is 49.9 Å². The highest BCUT2D eigenvalue weighted by molar-refractivity contribution is 5.98. The third-order valence-electron chi connectivity index (χ3n) is 8.43. The summed E-state index contributed by atoms with van der Waals surface area (Å²) in [5.41, 5.74) is 4.60. The van der Waals surface area contributed by atoms with Gasteiger partial charge in [-0.1, -0.05) is 103 Å². The van der Waals surface area contributed by atoms with Gasteiger partial charge in [-0.2, -0.15) is 0 Å². The quantitative estimate of drug-likeness (QED) is 0.259. The molecule has 3 aliphatic rings. The molecule has 0 spiro atoms. The fraction of sp³-hybridized carbons (Fsp3) is 0.611. The number of carbonyl (C=O) groups excluding carboxylic acids is 2. The van der Waals surface area contributed by atoms with Crippen LogP contribution in [0.1, 0.15) is 125 Å². The summed E-state index contributed by atoms with van der Waals surface area (Å²) in [6, 6.07) is 14.8. The lowest BCUT2D eigenvalue weighted by Crippen LogP contribution is -2.36. The molecule has 0 saturated carbocycles. The molecular formula is C36H54N2O3. The van der Waals surface area contributed by atoms with Crippen molar-refractivity contribution in [3.05, 3.63) is 64.7 Å². The molecule has 1 fully saturated rings. The van der Waals surface area contributed by atoms with E-state index in [1.54, 1.807) is 6.92 Å². The van der Waals surface area contributed by atoms with Crippen LogP contribution in [0.4, 0.5) is 0 Å². The second kappa shape index (κ2) is 17.3. The van der Waals surface area contributed by atoms with E-state index in [4.69, 9.17) is 4.74 Å². The van der Waals surface area contributed by atoms with Gasteiger partial charge >= 0.3 is 0 Å². The van der Waals surface area contributed by atoms with E-state index < -0.39 is 0 Å². The number of ether oxygens (including phenoxy) is 1. The van der Waals surface area contributed by atoms with Crippen LogP contribution in [0.3, 0.4) is 0 Å². The predicted molar refractivity (Wildman–Crippen MR) is 170 cm³/mol. The molecule has 2 unspecified atom stereocenters. The zero-order chi connectivity index (χ0) is 29.6. The number of carbonyl (C=O) groups is 2. The molecule has 226 valence electrons. The molecule has 0 bridgehead atoms. The van der Waals surface area contributed by atoms with Crippen LogP contribution in [0.15, 0.2) is 42.5 Å². The number of unbranched alkanes of at least 4 members (excludes halogenated alkanes) is 5. The zero-order valence-corrected chi connectivity index (χ0v) is 26.4. The number of likely N-dealkylation sites (tertiary alicyclic amines) is 1. The van der Waals surface area contributed by atoms with Gasteiger partial charge in [0.25, 0.3) is 5.91 Å². The van der Waals surface area contributed by atoms with Crippen molar-refractivity contribution in [3.63, 3.8) is 0 Å². The van der Waals surface area contributed by atoms with E-state index in [2.05, 4.69) is 50.8 Å². The first-order valence-corrected chi connectivity index (χ1v) is 16.3. The van der Waals surface area contributed by atoms with Gasteiger partial charge in [0.2, 0.25) is 0 Å². The van der Waals surface area contributed by atoms with Crippen LogP contribution in [0.25, 0.3) is 0 Å². The van der Waals surface area contributed by atoms with Crippen molar-refractivity contribution < 1.29 is 14.3 Å². The number of nitrogens with zero attached hydrogens (tertiary/aromatic N) is 2. The third kappa shape index (κ3) is 9.70. The zero-order valence-electron chi connectivity index (χ0n) is 26.4. The highest BCUT2D eigenvalue weighted by atomic mass is 16.5. The summed E-state index contributed by atoms with van der Waals surface area (Å²) >= 11 is 0. The van der Waals surface area contributed by atoms with Gasteiger partial charge < -0.3 is 9.64 Å². The third-order valence-corrected chi connectivity index (χ3v) is 8.43. The second-order valence-corrected chi connectivity index (χ2v) is 11.9. The Morgan fingerprint density at radius 2 is 1.63 bits per heavy atom. The van der Waals surface area contributed by atoms with Gasteiger partial charge in [0, 0.05) is 37.7 Å². The molecule has 0 aromatic heterocycles. The van der Waals surface area contributed by atoms with Gasteiger partial charge in [-0.15, -0.1) is 0 Å². The van der Waals surface area contributed by atoms with E-state index in [-0.39, 0.29) is 11.7 Å². The number of ketones is 1. The molecule has 3 aliphatic heterocycles. The molecule has 5 rings (SSSR count). The Hall–Kier alpha value is -2.66. The largest absolute Gasteiger partial charge is 0.493 e. The average Bonchev–Trinajstić information content (AvgIpc) is 3.69. The van der Waals surface area contributed by atoms with Crippen LogP contribution >= 0.6 is 0 Å².